The van der Waals surface area contributed by atoms with Crippen LogP contribution in [0.15, 0.2) is 6.08 Å². The molecule has 0 spiro atoms. The van der Waals surface area contributed by atoms with Crippen molar-refractivity contribution in [2.45, 2.75) is 32.4 Å². The molecule has 0 aliphatic carbocycles. The van der Waals surface area contributed by atoms with E-state index in [1.165, 1.54) is 0 Å². The van der Waals surface area contributed by atoms with E-state index in [0.717, 1.165) is 19.2 Å². The van der Waals surface area contributed by atoms with Crippen LogP contribution in [0.3, 0.4) is 0 Å². The van der Waals surface area contributed by atoms with Crippen molar-refractivity contribution in [3.8, 4) is 6.07 Å². The molecule has 1 rings (SSSR count). The first-order valence-corrected chi connectivity index (χ1v) is 5.56. The summed E-state index contributed by atoms with van der Waals surface area (Å²) in [5, 5.41) is 8.77. The van der Waals surface area contributed by atoms with Crippen molar-refractivity contribution in [3.63, 3.8) is 0 Å². The zero-order valence-electron chi connectivity index (χ0n) is 10.3. The van der Waals surface area contributed by atoms with Gasteiger partial charge in [-0.1, -0.05) is 0 Å². The van der Waals surface area contributed by atoms with Crippen LogP contribution >= 0.6 is 0 Å². The molecule has 1 heterocycles. The van der Waals surface area contributed by atoms with Gasteiger partial charge in [-0.15, -0.1) is 0 Å². The topological polar surface area (TPSA) is 47.3 Å². The molecule has 1 saturated heterocycles. The van der Waals surface area contributed by atoms with E-state index in [-0.39, 0.29) is 32.4 Å². The molecule has 0 aromatic carbocycles. The Balaban J connectivity index is 0.00000256. The second-order valence-corrected chi connectivity index (χ2v) is 4.30. The Morgan fingerprint density at radius 1 is 1.59 bits per heavy atom. The molecule has 1 aliphatic heterocycles. The third-order valence-electron chi connectivity index (χ3n) is 3.00. The molecule has 1 fully saturated rings. The van der Waals surface area contributed by atoms with Crippen LogP contribution in [-0.2, 0) is 25.2 Å². The minimum absolute atomic E-state index is 0. The minimum atomic E-state index is -0.177. The molecule has 0 N–H and O–H groups in total. The predicted molar refractivity (Wildman–Crippen MR) is 61.3 cm³/mol. The number of hydrogen-bond donors (Lipinski definition) is 0. The quantitative estimate of drug-likeness (QED) is 0.515. The Labute approximate surface area is 117 Å². The molecule has 1 amide bonds. The summed E-state index contributed by atoms with van der Waals surface area (Å²) in [5.74, 6) is -0.177. The number of amides is 1. The summed E-state index contributed by atoms with van der Waals surface area (Å²) < 4.78 is 0. The summed E-state index contributed by atoms with van der Waals surface area (Å²) in [6.45, 7) is 11.7. The van der Waals surface area contributed by atoms with E-state index in [4.69, 9.17) is 11.8 Å². The van der Waals surface area contributed by atoms with Crippen molar-refractivity contribution in [3.05, 3.63) is 12.7 Å². The van der Waals surface area contributed by atoms with Crippen molar-refractivity contribution in [1.29, 1.82) is 5.26 Å². The maximum Gasteiger partial charge on any atom is 0.0870 e. The molecule has 1 aliphatic rings. The Hall–Kier alpha value is -0.678. The van der Waals surface area contributed by atoms with Gasteiger partial charge in [-0.05, 0) is 13.8 Å². The monoisotopic (exact) mass is 407 g/mol. The third-order valence-corrected chi connectivity index (χ3v) is 3.00. The van der Waals surface area contributed by atoms with Crippen LogP contribution in [0.1, 0.15) is 20.3 Å². The first-order valence-electron chi connectivity index (χ1n) is 5.56. The smallest absolute Gasteiger partial charge is 0.0870 e. The van der Waals surface area contributed by atoms with E-state index in [9.17, 15) is 4.79 Å². The average molecular weight is 407 g/mol. The van der Waals surface area contributed by atoms with Gasteiger partial charge in [0.1, 0.15) is 0 Å². The van der Waals surface area contributed by atoms with E-state index < -0.39 is 0 Å². The van der Waals surface area contributed by atoms with Gasteiger partial charge in [-0.25, -0.2) is 0 Å². The van der Waals surface area contributed by atoms with Gasteiger partial charge in [0.2, 0.25) is 0 Å². The molecule has 0 aromatic heterocycles. The number of carbonyl (C=O) groups is 1. The van der Waals surface area contributed by atoms with Crippen molar-refractivity contribution < 1.29 is 25.2 Å². The fraction of sp³-hybridized carbons (Fsp3) is 0.667. The van der Waals surface area contributed by atoms with Gasteiger partial charge in [0.25, 0.3) is 0 Å². The van der Waals surface area contributed by atoms with Crippen molar-refractivity contribution in [2.24, 2.45) is 0 Å². The van der Waals surface area contributed by atoms with Crippen molar-refractivity contribution in [1.82, 2.24) is 9.80 Å². The fourth-order valence-electron chi connectivity index (χ4n) is 2.01. The minimum Gasteiger partial charge on any atom is -0.411 e. The molecule has 4 nitrogen and oxygen atoms in total. The van der Waals surface area contributed by atoms with Crippen LogP contribution in [0.2, 0.25) is 0 Å². The summed E-state index contributed by atoms with van der Waals surface area (Å²) in [6.07, 6.45) is 1.44. The third kappa shape index (κ3) is 4.24. The van der Waals surface area contributed by atoms with E-state index in [2.05, 4.69) is 24.8 Å². The zero-order valence-corrected chi connectivity index (χ0v) is 13.0. The molecule has 0 saturated carbocycles. The number of nitrogens with zero attached hydrogens (tertiary/aromatic N) is 3. The van der Waals surface area contributed by atoms with Crippen LogP contribution in [0.5, 0.6) is 0 Å². The molecular formula is C12H18N3ORe-. The molecular weight excluding hydrogens is 388 g/mol. The average Bonchev–Trinajstić information content (AvgIpc) is 2.28. The van der Waals surface area contributed by atoms with Gasteiger partial charge in [-0.3, -0.25) is 11.5 Å². The number of nitriles is 1. The Morgan fingerprint density at radius 2 is 2.24 bits per heavy atom. The summed E-state index contributed by atoms with van der Waals surface area (Å²) in [4.78, 5) is 15.5. The normalized spacial score (nSPS) is 20.6. The van der Waals surface area contributed by atoms with Gasteiger partial charge in [-0.2, -0.15) is 11.3 Å². The molecule has 0 bridgehead atoms. The first-order chi connectivity index (χ1) is 7.60. The predicted octanol–water partition coefficient (Wildman–Crippen LogP) is 0.808. The first kappa shape index (κ1) is 16.3. The molecule has 1 radical (unpaired) electrons. The van der Waals surface area contributed by atoms with E-state index in [1.807, 2.05) is 0 Å². The summed E-state index contributed by atoms with van der Waals surface area (Å²) in [6, 6.07) is 2.54. The molecule has 1 atom stereocenters. The zero-order chi connectivity index (χ0) is 12.1. The van der Waals surface area contributed by atoms with E-state index in [1.54, 1.807) is 4.90 Å². The maximum absolute atomic E-state index is 11.5. The van der Waals surface area contributed by atoms with E-state index in [0.29, 0.717) is 19.0 Å². The molecule has 1 unspecified atom stereocenters. The van der Waals surface area contributed by atoms with Crippen LogP contribution < -0.4 is 0 Å². The van der Waals surface area contributed by atoms with Gasteiger partial charge in [0.15, 0.2) is 0 Å². The Bertz CT molecular complexity index is 311. The summed E-state index contributed by atoms with van der Waals surface area (Å²) in [7, 11) is 0. The van der Waals surface area contributed by atoms with Crippen molar-refractivity contribution in [2.75, 3.05) is 19.6 Å². The largest absolute Gasteiger partial charge is 0.411 e. The van der Waals surface area contributed by atoms with Crippen LogP contribution in [0, 0.1) is 17.9 Å². The van der Waals surface area contributed by atoms with Gasteiger partial charge < -0.3 is 9.69 Å². The number of piperazine rings is 1. The van der Waals surface area contributed by atoms with Crippen LogP contribution in [-0.4, -0.2) is 47.4 Å². The second kappa shape index (κ2) is 7.61. The molecule has 95 valence electrons. The molecule has 17 heavy (non-hydrogen) atoms. The van der Waals surface area contributed by atoms with Gasteiger partial charge >= 0.3 is 0 Å². The second-order valence-electron chi connectivity index (χ2n) is 4.30. The number of carbonyl (C=O) groups excluding carboxylic acids is 1. The van der Waals surface area contributed by atoms with Gasteiger partial charge in [0, 0.05) is 52.1 Å². The van der Waals surface area contributed by atoms with Crippen LogP contribution in [0.25, 0.3) is 0 Å². The summed E-state index contributed by atoms with van der Waals surface area (Å²) in [5.41, 5.74) is 0. The van der Waals surface area contributed by atoms with Crippen molar-refractivity contribution >= 4 is 5.91 Å². The molecule has 0 aromatic rings. The fourth-order valence-corrected chi connectivity index (χ4v) is 2.01. The van der Waals surface area contributed by atoms with Gasteiger partial charge in [0.05, 0.1) is 18.4 Å². The Morgan fingerprint density at radius 3 is 2.71 bits per heavy atom. The summed E-state index contributed by atoms with van der Waals surface area (Å²) >= 11 is 0. The Kier molecular flexibility index (Phi) is 7.31. The van der Waals surface area contributed by atoms with Crippen LogP contribution in [0.4, 0.5) is 0 Å². The number of rotatable bonds is 3. The standard InChI is InChI=1S/C12H18N3O.Re/c1-4-12(16)15-8-7-14(10(2)3)9-11(15)5-6-13;/h1,4,10-11H,5,7-9H2,2-3H3;/q-1;. The van der Waals surface area contributed by atoms with E-state index >= 15 is 0 Å². The number of hydrogen-bond acceptors (Lipinski definition) is 3. The SMILES string of the molecule is [CH-]=CC(=O)N1CCN(C(C)C)CC1CC#N.[Re]. The maximum atomic E-state index is 11.5. The molecule has 5 heteroatoms.